The number of piperidine rings is 1. The number of carbonyl (C=O) groups excluding carboxylic acids is 1. The number of hydrogen-bond acceptors (Lipinski definition) is 4. The Bertz CT molecular complexity index is 1470. The van der Waals surface area contributed by atoms with Gasteiger partial charge in [0.15, 0.2) is 5.78 Å². The molecule has 0 N–H and O–H groups in total. The molecule has 0 spiro atoms. The second-order valence-electron chi connectivity index (χ2n) is 11.3. The van der Waals surface area contributed by atoms with E-state index in [1.165, 1.54) is 28.5 Å². The Morgan fingerprint density at radius 2 is 1.60 bits per heavy atom. The molecule has 42 heavy (non-hydrogen) atoms. The first-order chi connectivity index (χ1) is 19.6. The minimum absolute atomic E-state index is 0. The van der Waals surface area contributed by atoms with E-state index in [-0.39, 0.29) is 36.4 Å². The highest BCUT2D eigenvalue weighted by Crippen LogP contribution is 2.29. The van der Waals surface area contributed by atoms with Crippen LogP contribution in [0.5, 0.6) is 5.75 Å². The third-order valence-corrected chi connectivity index (χ3v) is 8.52. The van der Waals surface area contributed by atoms with Gasteiger partial charge in [-0.3, -0.25) is 14.6 Å². The van der Waals surface area contributed by atoms with Crippen molar-refractivity contribution in [3.63, 3.8) is 0 Å². The summed E-state index contributed by atoms with van der Waals surface area (Å²) in [6.07, 6.45) is 3.83. The Hall–Kier alpha value is -2.96. The van der Waals surface area contributed by atoms with E-state index < -0.39 is 0 Å². The minimum atomic E-state index is -0.220. The molecular formula is C35H39Cl2FN2O2. The molecule has 4 aromatic carbocycles. The molecule has 6 rings (SSSR count). The number of fused-ring (bicyclic) bond motifs is 2. The highest BCUT2D eigenvalue weighted by atomic mass is 35.5. The van der Waals surface area contributed by atoms with Gasteiger partial charge in [0.25, 0.3) is 0 Å². The van der Waals surface area contributed by atoms with Crippen molar-refractivity contribution < 1.29 is 13.9 Å². The first kappa shape index (κ1) is 32.0. The standard InChI is InChI=1S/C35H37FN2O2.2ClH/c36-32-12-8-27(9-13-32)23-38-20-21-40-35-15-11-29(22-31(35)25-38)34(39)14-10-26-16-18-37(19-17-26)24-30-6-3-5-28-4-1-2-7-33(28)30;;/h1-9,11-13,15,22,26H,10,14,16-21,23-25H2;2*1H. The van der Waals surface area contributed by atoms with Gasteiger partial charge in [-0.05, 0) is 90.5 Å². The van der Waals surface area contributed by atoms with E-state index >= 15 is 0 Å². The van der Waals surface area contributed by atoms with Crippen LogP contribution >= 0.6 is 24.8 Å². The van der Waals surface area contributed by atoms with E-state index in [2.05, 4.69) is 52.3 Å². The fourth-order valence-corrected chi connectivity index (χ4v) is 6.19. The van der Waals surface area contributed by atoms with Crippen LogP contribution in [-0.2, 0) is 19.6 Å². The highest BCUT2D eigenvalue weighted by molar-refractivity contribution is 5.96. The summed E-state index contributed by atoms with van der Waals surface area (Å²) >= 11 is 0. The molecule has 0 radical (unpaired) electrons. The number of hydrogen-bond donors (Lipinski definition) is 0. The molecular weight excluding hydrogens is 570 g/mol. The number of rotatable bonds is 8. The Kier molecular flexibility index (Phi) is 11.4. The van der Waals surface area contributed by atoms with Gasteiger partial charge in [-0.15, -0.1) is 24.8 Å². The lowest BCUT2D eigenvalue weighted by molar-refractivity contribution is 0.0961. The van der Waals surface area contributed by atoms with Crippen molar-refractivity contribution in [3.05, 3.63) is 113 Å². The molecule has 2 heterocycles. The summed E-state index contributed by atoms with van der Waals surface area (Å²) in [6.45, 7) is 5.98. The molecule has 1 saturated heterocycles. The first-order valence-corrected chi connectivity index (χ1v) is 14.6. The third kappa shape index (κ3) is 7.90. The average Bonchev–Trinajstić information content (AvgIpc) is 3.19. The molecule has 222 valence electrons. The molecule has 0 bridgehead atoms. The summed E-state index contributed by atoms with van der Waals surface area (Å²) in [6, 6.07) is 27.8. The van der Waals surface area contributed by atoms with Crippen molar-refractivity contribution in [2.75, 3.05) is 26.2 Å². The number of ketones is 1. The summed E-state index contributed by atoms with van der Waals surface area (Å²) in [5, 5.41) is 2.65. The van der Waals surface area contributed by atoms with E-state index in [4.69, 9.17) is 4.74 Å². The van der Waals surface area contributed by atoms with Crippen LogP contribution < -0.4 is 4.74 Å². The topological polar surface area (TPSA) is 32.8 Å². The lowest BCUT2D eigenvalue weighted by atomic mass is 9.90. The van der Waals surface area contributed by atoms with Crippen molar-refractivity contribution in [1.29, 1.82) is 0 Å². The van der Waals surface area contributed by atoms with Crippen LogP contribution in [0.1, 0.15) is 52.7 Å². The molecule has 0 aromatic heterocycles. The maximum Gasteiger partial charge on any atom is 0.162 e. The first-order valence-electron chi connectivity index (χ1n) is 14.6. The van der Waals surface area contributed by atoms with Crippen LogP contribution in [-0.4, -0.2) is 41.8 Å². The summed E-state index contributed by atoms with van der Waals surface area (Å²) < 4.78 is 19.3. The Morgan fingerprint density at radius 1 is 0.833 bits per heavy atom. The second kappa shape index (κ2) is 15.0. The summed E-state index contributed by atoms with van der Waals surface area (Å²) in [5.41, 5.74) is 4.29. The molecule has 4 nitrogen and oxygen atoms in total. The quantitative estimate of drug-likeness (QED) is 0.189. The lowest BCUT2D eigenvalue weighted by Gasteiger charge is -2.32. The van der Waals surface area contributed by atoms with Gasteiger partial charge in [-0.2, -0.15) is 0 Å². The molecule has 1 fully saturated rings. The van der Waals surface area contributed by atoms with Gasteiger partial charge < -0.3 is 4.74 Å². The maximum atomic E-state index is 13.3. The third-order valence-electron chi connectivity index (χ3n) is 8.52. The predicted octanol–water partition coefficient (Wildman–Crippen LogP) is 8.09. The Labute approximate surface area is 260 Å². The van der Waals surface area contributed by atoms with E-state index in [1.54, 1.807) is 0 Å². The lowest BCUT2D eigenvalue weighted by Crippen LogP contribution is -2.33. The van der Waals surface area contributed by atoms with Crippen LogP contribution in [0, 0.1) is 11.7 Å². The fourth-order valence-electron chi connectivity index (χ4n) is 6.19. The van der Waals surface area contributed by atoms with E-state index in [9.17, 15) is 9.18 Å². The molecule has 0 amide bonds. The van der Waals surface area contributed by atoms with Gasteiger partial charge in [0.1, 0.15) is 18.2 Å². The van der Waals surface area contributed by atoms with Gasteiger partial charge in [0.2, 0.25) is 0 Å². The molecule has 2 aliphatic heterocycles. The monoisotopic (exact) mass is 608 g/mol. The van der Waals surface area contributed by atoms with E-state index in [1.807, 2.05) is 30.3 Å². The normalized spacial score (nSPS) is 16.0. The van der Waals surface area contributed by atoms with Crippen molar-refractivity contribution >= 4 is 41.4 Å². The van der Waals surface area contributed by atoms with Gasteiger partial charge in [-0.25, -0.2) is 4.39 Å². The smallest absolute Gasteiger partial charge is 0.162 e. The Balaban J connectivity index is 0.00000202. The summed E-state index contributed by atoms with van der Waals surface area (Å²) in [5.74, 6) is 1.46. The summed E-state index contributed by atoms with van der Waals surface area (Å²) in [4.78, 5) is 18.0. The number of carbonyl (C=O) groups is 1. The van der Waals surface area contributed by atoms with Crippen molar-refractivity contribution in [2.45, 2.75) is 45.3 Å². The average molecular weight is 610 g/mol. The van der Waals surface area contributed by atoms with Crippen LogP contribution in [0.4, 0.5) is 4.39 Å². The molecule has 0 saturated carbocycles. The van der Waals surface area contributed by atoms with Gasteiger partial charge in [0.05, 0.1) is 0 Å². The highest BCUT2D eigenvalue weighted by Gasteiger charge is 2.22. The van der Waals surface area contributed by atoms with E-state index in [0.717, 1.165) is 74.4 Å². The number of ether oxygens (including phenoxy) is 1. The number of halogens is 3. The second-order valence-corrected chi connectivity index (χ2v) is 11.3. The zero-order valence-corrected chi connectivity index (χ0v) is 25.5. The SMILES string of the molecule is Cl.Cl.O=C(CCC1CCN(Cc2cccc3ccccc23)CC1)c1ccc2c(c1)CN(Cc1ccc(F)cc1)CCO2. The van der Waals surface area contributed by atoms with Crippen LogP contribution in [0.2, 0.25) is 0 Å². The van der Waals surface area contributed by atoms with Crippen LogP contribution in [0.25, 0.3) is 10.8 Å². The predicted molar refractivity (Wildman–Crippen MR) is 172 cm³/mol. The molecule has 2 aliphatic rings. The van der Waals surface area contributed by atoms with Gasteiger partial charge in [0, 0.05) is 43.7 Å². The minimum Gasteiger partial charge on any atom is -0.492 e. The zero-order chi connectivity index (χ0) is 27.3. The molecule has 0 atom stereocenters. The van der Waals surface area contributed by atoms with E-state index in [0.29, 0.717) is 25.5 Å². The number of likely N-dealkylation sites (tertiary alicyclic amines) is 1. The van der Waals surface area contributed by atoms with Gasteiger partial charge >= 0.3 is 0 Å². The molecule has 7 heteroatoms. The van der Waals surface area contributed by atoms with Crippen LogP contribution in [0.15, 0.2) is 84.9 Å². The Morgan fingerprint density at radius 3 is 2.40 bits per heavy atom. The number of nitrogens with zero attached hydrogens (tertiary/aromatic N) is 2. The zero-order valence-electron chi connectivity index (χ0n) is 23.8. The van der Waals surface area contributed by atoms with Crippen molar-refractivity contribution in [2.24, 2.45) is 5.92 Å². The molecule has 0 unspecified atom stereocenters. The fraction of sp³-hybridized carbons (Fsp3) is 0.343. The van der Waals surface area contributed by atoms with Gasteiger partial charge in [-0.1, -0.05) is 54.6 Å². The maximum absolute atomic E-state index is 13.3. The molecule has 0 aliphatic carbocycles. The summed E-state index contributed by atoms with van der Waals surface area (Å²) in [7, 11) is 0. The number of Topliss-reactive ketones (excluding diaryl/α,β-unsaturated/α-hetero) is 1. The largest absolute Gasteiger partial charge is 0.492 e. The van der Waals surface area contributed by atoms with Crippen LogP contribution in [0.3, 0.4) is 0 Å². The molecule has 4 aromatic rings. The van der Waals surface area contributed by atoms with Crippen molar-refractivity contribution in [3.8, 4) is 5.75 Å². The number of benzene rings is 4. The van der Waals surface area contributed by atoms with Crippen molar-refractivity contribution in [1.82, 2.24) is 9.80 Å².